The molecule has 0 amide bonds. The Kier molecular flexibility index (Phi) is 1.36. The van der Waals surface area contributed by atoms with Gasteiger partial charge in [-0.25, -0.2) is 0 Å². The lowest BCUT2D eigenvalue weighted by atomic mass is 13.9. The summed E-state index contributed by atoms with van der Waals surface area (Å²) in [5, 5.41) is 6.20. The smallest absolute Gasteiger partial charge is 0.121 e. The van der Waals surface area contributed by atoms with Crippen LogP contribution in [-0.4, -0.2) is 0 Å². The Bertz CT molecular complexity index is 26.3. The van der Waals surface area contributed by atoms with Crippen molar-refractivity contribution in [1.82, 2.24) is 0 Å². The molecule has 0 atom stereocenters. The zero-order valence-electron chi connectivity index (χ0n) is 2.10. The first-order valence-corrected chi connectivity index (χ1v) is 2.22. The number of hydrogen-bond donors (Lipinski definition) is 3. The molecular formula is H5N3P+. The predicted molar refractivity (Wildman–Crippen MR) is 18.0 cm³/mol. The summed E-state index contributed by atoms with van der Waals surface area (Å²) >= 11 is 0. The standard InChI is InChI=1S/H5N3P/c1-4(2)3/h(H5,1,2,3)/q+1. The van der Waals surface area contributed by atoms with Crippen LogP contribution in [-0.2, 0) is 0 Å². The van der Waals surface area contributed by atoms with Crippen LogP contribution in [0.15, 0.2) is 0 Å². The van der Waals surface area contributed by atoms with Crippen molar-refractivity contribution in [3.8, 4) is 0 Å². The summed E-state index contributed by atoms with van der Waals surface area (Å²) in [4.78, 5) is 0. The third-order valence-corrected chi connectivity index (χ3v) is 0. The predicted octanol–water partition coefficient (Wildman–Crippen LogP) is -0.0219. The zero-order chi connectivity index (χ0) is 3.58. The lowest BCUT2D eigenvalue weighted by Crippen LogP contribution is -1.84. The third-order valence-electron chi connectivity index (χ3n) is 0. The van der Waals surface area contributed by atoms with E-state index in [1.54, 1.807) is 0 Å². The lowest BCUT2D eigenvalue weighted by molar-refractivity contribution is 1.56. The van der Waals surface area contributed by atoms with Gasteiger partial charge in [0.05, 0.1) is 0 Å². The summed E-state index contributed by atoms with van der Waals surface area (Å²) in [6.07, 6.45) is 0. The van der Waals surface area contributed by atoms with Gasteiger partial charge in [0.15, 0.2) is 0 Å². The van der Waals surface area contributed by atoms with Gasteiger partial charge in [-0.2, -0.15) is 0 Å². The molecule has 0 fully saturated rings. The van der Waals surface area contributed by atoms with Gasteiger partial charge in [-0.3, -0.25) is 0 Å². The summed E-state index contributed by atoms with van der Waals surface area (Å²) < 4.78 is 0. The van der Waals surface area contributed by atoms with Crippen LogP contribution in [0.4, 0.5) is 0 Å². The summed E-state index contributed by atoms with van der Waals surface area (Å²) in [6.45, 7) is 0. The average Bonchev–Trinajstić information content (AvgIpc) is 0.811. The third kappa shape index (κ3) is 5250. The van der Waals surface area contributed by atoms with Crippen molar-refractivity contribution in [3.63, 3.8) is 0 Å². The SMILES string of the molecule is N=[P+](N)N. The van der Waals surface area contributed by atoms with E-state index >= 15 is 0 Å². The van der Waals surface area contributed by atoms with Crippen molar-refractivity contribution >= 4 is 8.01 Å². The second-order valence-electron chi connectivity index (χ2n) is 0.407. The Balaban J connectivity index is 2.80. The Morgan fingerprint density at radius 1 is 1.50 bits per heavy atom. The molecule has 0 aliphatic heterocycles. The molecule has 4 heteroatoms. The van der Waals surface area contributed by atoms with Gasteiger partial charge in [0.2, 0.25) is 0 Å². The fraction of sp³-hybridized carbons (Fsp3) is 0. The second-order valence-corrected chi connectivity index (χ2v) is 1.22. The Labute approximate surface area is 25.4 Å². The summed E-state index contributed by atoms with van der Waals surface area (Å²) in [6, 6.07) is 0. The van der Waals surface area contributed by atoms with E-state index in [1.165, 1.54) is 0 Å². The number of hydrogen-bond acceptors (Lipinski definition) is 1. The molecule has 0 spiro atoms. The second kappa shape index (κ2) is 1.35. The summed E-state index contributed by atoms with van der Waals surface area (Å²) in [7, 11) is -1.37. The van der Waals surface area contributed by atoms with Crippen LogP contribution in [0, 0.1) is 5.16 Å². The van der Waals surface area contributed by atoms with Crippen molar-refractivity contribution in [2.45, 2.75) is 0 Å². The molecule has 0 aromatic rings. The molecule has 0 rings (SSSR count). The van der Waals surface area contributed by atoms with Gasteiger partial charge in [-0.05, 0) is 0 Å². The average molecular weight is 78.0 g/mol. The molecule has 3 nitrogen and oxygen atoms in total. The van der Waals surface area contributed by atoms with E-state index in [1.807, 2.05) is 0 Å². The molecule has 0 unspecified atom stereocenters. The van der Waals surface area contributed by atoms with Crippen molar-refractivity contribution in [2.75, 3.05) is 0 Å². The minimum absolute atomic E-state index is 1.37. The van der Waals surface area contributed by atoms with Gasteiger partial charge in [0.25, 0.3) is 0 Å². The Morgan fingerprint density at radius 2 is 1.50 bits per heavy atom. The minimum atomic E-state index is -1.37. The van der Waals surface area contributed by atoms with Crippen molar-refractivity contribution in [3.05, 3.63) is 0 Å². The molecule has 0 aromatic carbocycles. The van der Waals surface area contributed by atoms with Crippen molar-refractivity contribution in [2.24, 2.45) is 11.0 Å². The summed E-state index contributed by atoms with van der Waals surface area (Å²) in [5.41, 5.74) is 9.24. The minimum Gasteiger partial charge on any atom is -0.121 e. The first kappa shape index (κ1) is 4.02. The highest BCUT2D eigenvalue weighted by molar-refractivity contribution is 7.40. The van der Waals surface area contributed by atoms with Gasteiger partial charge in [0, 0.05) is 0 Å². The molecular weight excluding hydrogens is 73.0 g/mol. The molecule has 0 saturated carbocycles. The highest BCUT2D eigenvalue weighted by atomic mass is 31.1. The number of nitrogens with two attached hydrogens (primary N) is 2. The van der Waals surface area contributed by atoms with Crippen LogP contribution in [0.5, 0.6) is 0 Å². The van der Waals surface area contributed by atoms with Gasteiger partial charge >= 0.3 is 8.01 Å². The Morgan fingerprint density at radius 3 is 1.50 bits per heavy atom. The molecule has 0 radical (unpaired) electrons. The van der Waals surface area contributed by atoms with Gasteiger partial charge in [-0.15, -0.1) is 11.0 Å². The maximum Gasteiger partial charge on any atom is 0.384 e. The van der Waals surface area contributed by atoms with Crippen LogP contribution in [0.3, 0.4) is 0 Å². The number of rotatable bonds is 0. The molecule has 0 aromatic heterocycles. The number of nitrogens with one attached hydrogen (secondary N) is 1. The maximum atomic E-state index is 6.20. The van der Waals surface area contributed by atoms with E-state index in [4.69, 9.17) is 5.16 Å². The van der Waals surface area contributed by atoms with Crippen LogP contribution < -0.4 is 11.0 Å². The van der Waals surface area contributed by atoms with Gasteiger partial charge in [-0.1, -0.05) is 5.16 Å². The Hall–Kier alpha value is 0.0200. The van der Waals surface area contributed by atoms with E-state index in [9.17, 15) is 0 Å². The highest BCUT2D eigenvalue weighted by Crippen LogP contribution is 1.84. The molecule has 0 aliphatic rings. The van der Waals surface area contributed by atoms with Crippen LogP contribution in [0.1, 0.15) is 0 Å². The molecule has 0 saturated heterocycles. The molecule has 0 aliphatic carbocycles. The van der Waals surface area contributed by atoms with Gasteiger partial charge in [0.1, 0.15) is 0 Å². The molecule has 4 heavy (non-hydrogen) atoms. The molecule has 0 heterocycles. The van der Waals surface area contributed by atoms with Crippen LogP contribution in [0.2, 0.25) is 0 Å². The molecule has 24 valence electrons. The highest BCUT2D eigenvalue weighted by Gasteiger charge is 1.74. The fourth-order valence-corrected chi connectivity index (χ4v) is 0. The van der Waals surface area contributed by atoms with E-state index in [-0.39, 0.29) is 0 Å². The van der Waals surface area contributed by atoms with Crippen molar-refractivity contribution < 1.29 is 0 Å². The van der Waals surface area contributed by atoms with E-state index in [0.717, 1.165) is 0 Å². The fourth-order valence-electron chi connectivity index (χ4n) is 0. The van der Waals surface area contributed by atoms with E-state index < -0.39 is 8.01 Å². The molecule has 0 bridgehead atoms. The first-order chi connectivity index (χ1) is 1.73. The topological polar surface area (TPSA) is 75.9 Å². The lowest BCUT2D eigenvalue weighted by Gasteiger charge is -1.46. The van der Waals surface area contributed by atoms with Gasteiger partial charge < -0.3 is 0 Å². The van der Waals surface area contributed by atoms with Crippen molar-refractivity contribution in [1.29, 1.82) is 5.16 Å². The normalized spacial score (nSPS) is 6.50. The quantitative estimate of drug-likeness (QED) is 0.356. The first-order valence-electron chi connectivity index (χ1n) is 0.740. The van der Waals surface area contributed by atoms with E-state index in [0.29, 0.717) is 0 Å². The summed E-state index contributed by atoms with van der Waals surface area (Å²) in [5.74, 6) is 0. The maximum absolute atomic E-state index is 6.20. The monoisotopic (exact) mass is 78.0 g/mol. The van der Waals surface area contributed by atoms with E-state index in [2.05, 4.69) is 11.0 Å². The van der Waals surface area contributed by atoms with Crippen LogP contribution >= 0.6 is 8.01 Å². The van der Waals surface area contributed by atoms with Crippen LogP contribution in [0.25, 0.3) is 0 Å². The largest absolute Gasteiger partial charge is 0.384 e. The zero-order valence-corrected chi connectivity index (χ0v) is 3.00. The molecule has 5 N–H and O–H groups in total.